The van der Waals surface area contributed by atoms with Gasteiger partial charge in [-0.15, -0.1) is 0 Å². The highest BCUT2D eigenvalue weighted by Crippen LogP contribution is 2.21. The molecule has 0 heterocycles. The van der Waals surface area contributed by atoms with Crippen molar-refractivity contribution in [1.29, 1.82) is 0 Å². The number of carbonyl (C=O) groups excluding carboxylic acids is 1. The molecule has 0 aliphatic rings. The Labute approximate surface area is 118 Å². The van der Waals surface area contributed by atoms with E-state index in [-0.39, 0.29) is 0 Å². The van der Waals surface area contributed by atoms with Crippen LogP contribution in [-0.4, -0.2) is 11.7 Å². The summed E-state index contributed by atoms with van der Waals surface area (Å²) in [6, 6.07) is 5.80. The summed E-state index contributed by atoms with van der Waals surface area (Å²) in [6.45, 7) is 5.94. The Morgan fingerprint density at radius 3 is 2.53 bits per heavy atom. The number of rotatable bonds is 2. The maximum absolute atomic E-state index is 11.5. The Kier molecular flexibility index (Phi) is 5.01. The van der Waals surface area contributed by atoms with Crippen LogP contribution in [0.3, 0.4) is 0 Å². The molecule has 0 saturated carbocycles. The summed E-state index contributed by atoms with van der Waals surface area (Å²) >= 11 is 6.81. The smallest absolute Gasteiger partial charge is 0.407 e. The first-order chi connectivity index (χ1) is 7.78. The van der Waals surface area contributed by atoms with Crippen LogP contribution in [0.5, 0.6) is 0 Å². The summed E-state index contributed by atoms with van der Waals surface area (Å²) in [5, 5.41) is 2.71. The maximum atomic E-state index is 11.5. The van der Waals surface area contributed by atoms with Gasteiger partial charge in [0.1, 0.15) is 5.60 Å². The molecule has 3 nitrogen and oxygen atoms in total. The van der Waals surface area contributed by atoms with Gasteiger partial charge in [-0.2, -0.15) is 0 Å². The van der Waals surface area contributed by atoms with Gasteiger partial charge in [-0.25, -0.2) is 4.79 Å². The van der Waals surface area contributed by atoms with E-state index in [0.717, 1.165) is 14.5 Å². The van der Waals surface area contributed by atoms with E-state index < -0.39 is 11.7 Å². The molecule has 0 saturated heterocycles. The molecule has 17 heavy (non-hydrogen) atoms. The Morgan fingerprint density at radius 2 is 2.00 bits per heavy atom. The van der Waals surface area contributed by atoms with Gasteiger partial charge in [0.15, 0.2) is 0 Å². The normalized spacial score (nSPS) is 11.1. The van der Waals surface area contributed by atoms with Crippen molar-refractivity contribution in [2.45, 2.75) is 32.9 Å². The number of hydrogen-bond donors (Lipinski definition) is 1. The van der Waals surface area contributed by atoms with Crippen molar-refractivity contribution in [2.75, 3.05) is 0 Å². The zero-order chi connectivity index (χ0) is 13.1. The van der Waals surface area contributed by atoms with E-state index >= 15 is 0 Å². The van der Waals surface area contributed by atoms with Crippen molar-refractivity contribution in [3.8, 4) is 0 Å². The van der Waals surface area contributed by atoms with E-state index in [1.165, 1.54) is 0 Å². The zero-order valence-electron chi connectivity index (χ0n) is 10.0. The molecule has 1 aromatic carbocycles. The molecule has 0 radical (unpaired) electrons. The fourth-order valence-corrected chi connectivity index (χ4v) is 2.33. The van der Waals surface area contributed by atoms with Crippen LogP contribution in [0, 0.1) is 0 Å². The van der Waals surface area contributed by atoms with Gasteiger partial charge in [0.25, 0.3) is 0 Å². The number of halogens is 2. The highest BCUT2D eigenvalue weighted by Gasteiger charge is 2.15. The standard InChI is InChI=1S/C12H15Br2NO2/c1-12(2,3)17-11(16)15-7-8-4-5-9(13)6-10(8)14/h4-6H,7H2,1-3H3,(H,15,16). The van der Waals surface area contributed by atoms with Crippen molar-refractivity contribution >= 4 is 38.0 Å². The molecule has 1 N–H and O–H groups in total. The van der Waals surface area contributed by atoms with Crippen molar-refractivity contribution < 1.29 is 9.53 Å². The lowest BCUT2D eigenvalue weighted by molar-refractivity contribution is 0.0523. The lowest BCUT2D eigenvalue weighted by atomic mass is 10.2. The molecule has 5 heteroatoms. The molecular formula is C12H15Br2NO2. The minimum Gasteiger partial charge on any atom is -0.444 e. The highest BCUT2D eigenvalue weighted by molar-refractivity contribution is 9.11. The summed E-state index contributed by atoms with van der Waals surface area (Å²) in [7, 11) is 0. The van der Waals surface area contributed by atoms with Crippen LogP contribution in [0.1, 0.15) is 26.3 Å². The lowest BCUT2D eigenvalue weighted by Crippen LogP contribution is -2.32. The SMILES string of the molecule is CC(C)(C)OC(=O)NCc1ccc(Br)cc1Br. The molecule has 1 amide bonds. The molecule has 1 rings (SSSR count). The monoisotopic (exact) mass is 363 g/mol. The summed E-state index contributed by atoms with van der Waals surface area (Å²) in [5.74, 6) is 0. The Balaban J connectivity index is 2.53. The van der Waals surface area contributed by atoms with Gasteiger partial charge < -0.3 is 10.1 Å². The van der Waals surface area contributed by atoms with E-state index in [1.54, 1.807) is 0 Å². The molecule has 1 aromatic rings. The first-order valence-electron chi connectivity index (χ1n) is 5.19. The summed E-state index contributed by atoms with van der Waals surface area (Å²) in [5.41, 5.74) is 0.528. The van der Waals surface area contributed by atoms with Crippen molar-refractivity contribution in [1.82, 2.24) is 5.32 Å². The average Bonchev–Trinajstić information content (AvgIpc) is 2.13. The second kappa shape index (κ2) is 5.87. The molecule has 0 unspecified atom stereocenters. The van der Waals surface area contributed by atoms with Gasteiger partial charge in [0.05, 0.1) is 0 Å². The van der Waals surface area contributed by atoms with Crippen molar-refractivity contribution in [3.05, 3.63) is 32.7 Å². The number of benzene rings is 1. The largest absolute Gasteiger partial charge is 0.444 e. The Morgan fingerprint density at radius 1 is 1.35 bits per heavy atom. The van der Waals surface area contributed by atoms with E-state index in [9.17, 15) is 4.79 Å². The topological polar surface area (TPSA) is 38.3 Å². The first kappa shape index (κ1) is 14.5. The van der Waals surface area contributed by atoms with Gasteiger partial charge in [0, 0.05) is 15.5 Å². The summed E-state index contributed by atoms with van der Waals surface area (Å²) in [6.07, 6.45) is -0.410. The van der Waals surface area contributed by atoms with Crippen LogP contribution in [-0.2, 0) is 11.3 Å². The first-order valence-corrected chi connectivity index (χ1v) is 6.77. The predicted octanol–water partition coefficient (Wildman–Crippen LogP) is 4.24. The third kappa shape index (κ3) is 5.55. The Hall–Kier alpha value is -0.550. The summed E-state index contributed by atoms with van der Waals surface area (Å²) < 4.78 is 7.09. The fourth-order valence-electron chi connectivity index (χ4n) is 1.15. The number of amides is 1. The predicted molar refractivity (Wildman–Crippen MR) is 74.9 cm³/mol. The minimum atomic E-state index is -0.471. The number of nitrogens with one attached hydrogen (secondary N) is 1. The van der Waals surface area contributed by atoms with E-state index in [2.05, 4.69) is 37.2 Å². The molecular weight excluding hydrogens is 350 g/mol. The minimum absolute atomic E-state index is 0.410. The van der Waals surface area contributed by atoms with Gasteiger partial charge in [-0.05, 0) is 38.5 Å². The third-order valence-electron chi connectivity index (χ3n) is 1.84. The average molecular weight is 365 g/mol. The molecule has 0 atom stereocenters. The molecule has 94 valence electrons. The Bertz CT molecular complexity index is 413. The second-order valence-electron chi connectivity index (χ2n) is 4.59. The van der Waals surface area contributed by atoms with Gasteiger partial charge >= 0.3 is 6.09 Å². The molecule has 0 fully saturated rings. The van der Waals surface area contributed by atoms with E-state index in [1.807, 2.05) is 39.0 Å². The van der Waals surface area contributed by atoms with Crippen molar-refractivity contribution in [3.63, 3.8) is 0 Å². The molecule has 0 aliphatic heterocycles. The molecule has 0 aliphatic carbocycles. The van der Waals surface area contributed by atoms with Gasteiger partial charge in [-0.1, -0.05) is 37.9 Å². The van der Waals surface area contributed by atoms with Crippen molar-refractivity contribution in [2.24, 2.45) is 0 Å². The van der Waals surface area contributed by atoms with Crippen LogP contribution in [0.25, 0.3) is 0 Å². The van der Waals surface area contributed by atoms with Crippen LogP contribution in [0.4, 0.5) is 4.79 Å². The molecule has 0 spiro atoms. The van der Waals surface area contributed by atoms with E-state index in [4.69, 9.17) is 4.74 Å². The second-order valence-corrected chi connectivity index (χ2v) is 6.36. The highest BCUT2D eigenvalue weighted by atomic mass is 79.9. The van der Waals surface area contributed by atoms with Crippen LogP contribution in [0.15, 0.2) is 27.1 Å². The summed E-state index contributed by atoms with van der Waals surface area (Å²) in [4.78, 5) is 11.5. The maximum Gasteiger partial charge on any atom is 0.407 e. The number of alkyl carbamates (subject to hydrolysis) is 1. The van der Waals surface area contributed by atoms with Crippen LogP contribution >= 0.6 is 31.9 Å². The zero-order valence-corrected chi connectivity index (χ0v) is 13.2. The molecule has 0 bridgehead atoms. The number of carbonyl (C=O) groups is 1. The third-order valence-corrected chi connectivity index (χ3v) is 3.07. The fraction of sp³-hybridized carbons (Fsp3) is 0.417. The van der Waals surface area contributed by atoms with Crippen LogP contribution < -0.4 is 5.32 Å². The number of ether oxygens (including phenoxy) is 1. The van der Waals surface area contributed by atoms with Gasteiger partial charge in [0.2, 0.25) is 0 Å². The number of hydrogen-bond acceptors (Lipinski definition) is 2. The van der Waals surface area contributed by atoms with Crippen LogP contribution in [0.2, 0.25) is 0 Å². The van der Waals surface area contributed by atoms with Gasteiger partial charge in [-0.3, -0.25) is 0 Å². The van der Waals surface area contributed by atoms with E-state index in [0.29, 0.717) is 6.54 Å². The quantitative estimate of drug-likeness (QED) is 0.852. The lowest BCUT2D eigenvalue weighted by Gasteiger charge is -2.19. The molecule has 0 aromatic heterocycles.